The Balaban J connectivity index is 1.90. The zero-order chi connectivity index (χ0) is 18.9. The molecule has 0 unspecified atom stereocenters. The summed E-state index contributed by atoms with van der Waals surface area (Å²) in [4.78, 5) is 11.5. The van der Waals surface area contributed by atoms with Gasteiger partial charge < -0.3 is 4.90 Å². The summed E-state index contributed by atoms with van der Waals surface area (Å²) >= 11 is 0. The van der Waals surface area contributed by atoms with E-state index in [0.29, 0.717) is 18.3 Å². The van der Waals surface area contributed by atoms with Crippen LogP contribution in [0.15, 0.2) is 36.4 Å². The maximum absolute atomic E-state index is 11.7. The lowest BCUT2D eigenvalue weighted by atomic mass is 9.92. The van der Waals surface area contributed by atoms with Crippen LogP contribution in [0.25, 0.3) is 11.4 Å². The Labute approximate surface area is 155 Å². The molecule has 2 atom stereocenters. The fourth-order valence-electron chi connectivity index (χ4n) is 3.52. The maximum atomic E-state index is 11.7. The minimum Gasteiger partial charge on any atom is -0.355 e. The lowest BCUT2D eigenvalue weighted by Gasteiger charge is -2.21. The van der Waals surface area contributed by atoms with Crippen molar-refractivity contribution in [3.8, 4) is 11.4 Å². The fourth-order valence-corrected chi connectivity index (χ4v) is 4.32. The molecule has 1 aliphatic heterocycles. The summed E-state index contributed by atoms with van der Waals surface area (Å²) in [6.07, 6.45) is 1.22. The lowest BCUT2D eigenvalue weighted by molar-refractivity contribution is 0.365. The summed E-state index contributed by atoms with van der Waals surface area (Å²) in [5, 5.41) is 0. The first-order valence-corrected chi connectivity index (χ1v) is 10.8. The van der Waals surface area contributed by atoms with Crippen LogP contribution in [0, 0.1) is 18.8 Å². The molecule has 3 rings (SSSR count). The second-order valence-electron chi connectivity index (χ2n) is 7.37. The van der Waals surface area contributed by atoms with E-state index in [1.54, 1.807) is 0 Å². The van der Waals surface area contributed by atoms with E-state index in [-0.39, 0.29) is 12.0 Å². The monoisotopic (exact) mass is 374 g/mol. The highest BCUT2D eigenvalue weighted by Crippen LogP contribution is 2.29. The second kappa shape index (κ2) is 7.32. The molecule has 1 aliphatic rings. The summed E-state index contributed by atoms with van der Waals surface area (Å²) in [7, 11) is -3.25. The zero-order valence-electron chi connectivity index (χ0n) is 15.7. The molecule has 26 heavy (non-hydrogen) atoms. The Kier molecular flexibility index (Phi) is 5.29. The molecule has 6 nitrogen and oxygen atoms in total. The molecule has 0 saturated carbocycles. The van der Waals surface area contributed by atoms with Crippen molar-refractivity contribution < 1.29 is 8.42 Å². The number of aromatic nitrogens is 2. The zero-order valence-corrected chi connectivity index (χ0v) is 16.5. The minimum atomic E-state index is -3.25. The Hall–Kier alpha value is -1.99. The van der Waals surface area contributed by atoms with Crippen LogP contribution in [-0.2, 0) is 10.0 Å². The largest absolute Gasteiger partial charge is 0.355 e. The van der Waals surface area contributed by atoms with Gasteiger partial charge in [-0.3, -0.25) is 0 Å². The van der Waals surface area contributed by atoms with E-state index in [4.69, 9.17) is 4.98 Å². The molecule has 140 valence electrons. The van der Waals surface area contributed by atoms with Crippen molar-refractivity contribution in [2.45, 2.75) is 26.8 Å². The van der Waals surface area contributed by atoms with Gasteiger partial charge in [0.05, 0.1) is 6.26 Å². The first-order chi connectivity index (χ1) is 12.2. The van der Waals surface area contributed by atoms with Gasteiger partial charge in [0, 0.05) is 36.5 Å². The number of sulfonamides is 1. The van der Waals surface area contributed by atoms with Gasteiger partial charge in [0.2, 0.25) is 10.0 Å². The predicted molar refractivity (Wildman–Crippen MR) is 105 cm³/mol. The highest BCUT2D eigenvalue weighted by atomic mass is 32.2. The van der Waals surface area contributed by atoms with Crippen molar-refractivity contribution >= 4 is 15.8 Å². The van der Waals surface area contributed by atoms with Crippen molar-refractivity contribution in [2.24, 2.45) is 11.8 Å². The molecule has 2 heterocycles. The molecule has 1 aromatic carbocycles. The normalized spacial score (nSPS) is 20.7. The third-order valence-electron chi connectivity index (χ3n) is 4.78. The standard InChI is InChI=1S/C19H26N4O2S/c1-13(2)16-11-23(12-17(16)22-26(4,24)25)18-10-14(3)20-19(21-18)15-8-6-5-7-9-15/h5-10,13,16-17,22H,11-12H2,1-4H3/t16-,17+/m0/s1. The average molecular weight is 375 g/mol. The number of nitrogens with one attached hydrogen (secondary N) is 1. The summed E-state index contributed by atoms with van der Waals surface area (Å²) in [5.41, 5.74) is 1.87. The topological polar surface area (TPSA) is 75.2 Å². The quantitative estimate of drug-likeness (QED) is 0.870. The van der Waals surface area contributed by atoms with Crippen LogP contribution in [0.2, 0.25) is 0 Å². The van der Waals surface area contributed by atoms with Crippen LogP contribution in [0.4, 0.5) is 5.82 Å². The van der Waals surface area contributed by atoms with Crippen molar-refractivity contribution in [1.29, 1.82) is 0 Å². The number of hydrogen-bond acceptors (Lipinski definition) is 5. The third-order valence-corrected chi connectivity index (χ3v) is 5.51. The van der Waals surface area contributed by atoms with E-state index in [1.807, 2.05) is 43.3 Å². The van der Waals surface area contributed by atoms with Crippen LogP contribution in [0.1, 0.15) is 19.5 Å². The van der Waals surface area contributed by atoms with Crippen LogP contribution in [0.3, 0.4) is 0 Å². The highest BCUT2D eigenvalue weighted by molar-refractivity contribution is 7.88. The molecule has 1 aromatic heterocycles. The number of nitrogens with zero attached hydrogens (tertiary/aromatic N) is 3. The first-order valence-electron chi connectivity index (χ1n) is 8.86. The van der Waals surface area contributed by atoms with E-state index in [2.05, 4.69) is 28.5 Å². The van der Waals surface area contributed by atoms with Gasteiger partial charge in [-0.2, -0.15) is 0 Å². The summed E-state index contributed by atoms with van der Waals surface area (Å²) in [6.45, 7) is 7.60. The molecular formula is C19H26N4O2S. The number of rotatable bonds is 5. The molecule has 1 saturated heterocycles. The van der Waals surface area contributed by atoms with E-state index in [1.165, 1.54) is 6.26 Å². The summed E-state index contributed by atoms with van der Waals surface area (Å²) in [6, 6.07) is 11.7. The second-order valence-corrected chi connectivity index (χ2v) is 9.15. The predicted octanol–water partition coefficient (Wildman–Crippen LogP) is 2.46. The SMILES string of the molecule is Cc1cc(N2C[C@@H](NS(C)(=O)=O)[C@H](C(C)C)C2)nc(-c2ccccc2)n1. The van der Waals surface area contributed by atoms with Gasteiger partial charge in [0.25, 0.3) is 0 Å². The molecule has 7 heteroatoms. The Morgan fingerprint density at radius 2 is 1.85 bits per heavy atom. The Bertz CT molecular complexity index is 868. The first kappa shape index (κ1) is 18.8. The van der Waals surface area contributed by atoms with Gasteiger partial charge in [-0.05, 0) is 18.8 Å². The van der Waals surface area contributed by atoms with E-state index >= 15 is 0 Å². The van der Waals surface area contributed by atoms with Crippen molar-refractivity contribution in [1.82, 2.24) is 14.7 Å². The number of benzene rings is 1. The molecule has 1 N–H and O–H groups in total. The van der Waals surface area contributed by atoms with Crippen LogP contribution in [0.5, 0.6) is 0 Å². The van der Waals surface area contributed by atoms with Gasteiger partial charge in [-0.15, -0.1) is 0 Å². The molecule has 0 bridgehead atoms. The van der Waals surface area contributed by atoms with Crippen LogP contribution in [-0.4, -0.2) is 43.8 Å². The summed E-state index contributed by atoms with van der Waals surface area (Å²) in [5.74, 6) is 2.15. The molecular weight excluding hydrogens is 348 g/mol. The number of aryl methyl sites for hydroxylation is 1. The maximum Gasteiger partial charge on any atom is 0.209 e. The van der Waals surface area contributed by atoms with Crippen molar-refractivity contribution in [3.63, 3.8) is 0 Å². The van der Waals surface area contributed by atoms with E-state index in [9.17, 15) is 8.42 Å². The van der Waals surface area contributed by atoms with Crippen molar-refractivity contribution in [2.75, 3.05) is 24.2 Å². The van der Waals surface area contributed by atoms with E-state index in [0.717, 1.165) is 23.6 Å². The minimum absolute atomic E-state index is 0.111. The van der Waals surface area contributed by atoms with Gasteiger partial charge in [0.1, 0.15) is 5.82 Å². The molecule has 0 spiro atoms. The Morgan fingerprint density at radius 3 is 2.46 bits per heavy atom. The molecule has 0 radical (unpaired) electrons. The highest BCUT2D eigenvalue weighted by Gasteiger charge is 2.37. The number of hydrogen-bond donors (Lipinski definition) is 1. The van der Waals surface area contributed by atoms with E-state index < -0.39 is 10.0 Å². The fraction of sp³-hybridized carbons (Fsp3) is 0.474. The number of anilines is 1. The lowest BCUT2D eigenvalue weighted by Crippen LogP contribution is -2.41. The average Bonchev–Trinajstić information content (AvgIpc) is 2.97. The van der Waals surface area contributed by atoms with Gasteiger partial charge >= 0.3 is 0 Å². The molecule has 1 fully saturated rings. The van der Waals surface area contributed by atoms with Crippen LogP contribution >= 0.6 is 0 Å². The van der Waals surface area contributed by atoms with Gasteiger partial charge in [-0.25, -0.2) is 23.1 Å². The molecule has 2 aromatic rings. The Morgan fingerprint density at radius 1 is 1.15 bits per heavy atom. The smallest absolute Gasteiger partial charge is 0.209 e. The van der Waals surface area contributed by atoms with Gasteiger partial charge in [-0.1, -0.05) is 44.2 Å². The van der Waals surface area contributed by atoms with Crippen LogP contribution < -0.4 is 9.62 Å². The summed E-state index contributed by atoms with van der Waals surface area (Å²) < 4.78 is 26.3. The van der Waals surface area contributed by atoms with Crippen molar-refractivity contribution in [3.05, 3.63) is 42.1 Å². The molecule has 0 aliphatic carbocycles. The van der Waals surface area contributed by atoms with Gasteiger partial charge in [0.15, 0.2) is 5.82 Å². The third kappa shape index (κ3) is 4.40. The molecule has 0 amide bonds.